The molecule has 0 bridgehead atoms. The molecule has 1 aromatic heterocycles. The van der Waals surface area contributed by atoms with E-state index in [0.717, 1.165) is 12.3 Å². The Labute approximate surface area is 130 Å². The summed E-state index contributed by atoms with van der Waals surface area (Å²) in [5.74, 6) is 2.17. The van der Waals surface area contributed by atoms with Crippen molar-refractivity contribution < 1.29 is 9.30 Å². The molecule has 2 aromatic carbocycles. The van der Waals surface area contributed by atoms with Gasteiger partial charge in [0.05, 0.1) is 12.7 Å². The molecule has 1 aliphatic heterocycles. The van der Waals surface area contributed by atoms with E-state index in [4.69, 9.17) is 4.74 Å². The van der Waals surface area contributed by atoms with Crippen molar-refractivity contribution in [3.05, 3.63) is 65.5 Å². The molecule has 0 atom stereocenters. The van der Waals surface area contributed by atoms with Crippen LogP contribution in [-0.4, -0.2) is 11.7 Å². The van der Waals surface area contributed by atoms with Gasteiger partial charge in [0.2, 0.25) is 0 Å². The summed E-state index contributed by atoms with van der Waals surface area (Å²) >= 11 is 0. The fourth-order valence-electron chi connectivity index (χ4n) is 3.49. The molecule has 0 N–H and O–H groups in total. The Bertz CT molecular complexity index is 854. The topological polar surface area (TPSA) is 18.0 Å². The molecule has 2 heterocycles. The summed E-state index contributed by atoms with van der Waals surface area (Å²) in [6.07, 6.45) is 4.32. The zero-order chi connectivity index (χ0) is 15.3. The highest BCUT2D eigenvalue weighted by molar-refractivity contribution is 5.64. The van der Waals surface area contributed by atoms with Crippen molar-refractivity contribution >= 4 is 0 Å². The van der Waals surface area contributed by atoms with Gasteiger partial charge in [0, 0.05) is 16.7 Å². The van der Waals surface area contributed by atoms with Gasteiger partial charge >= 0.3 is 0 Å². The van der Waals surface area contributed by atoms with E-state index in [2.05, 4.69) is 71.8 Å². The van der Waals surface area contributed by atoms with Crippen LogP contribution in [0, 0.1) is 13.8 Å². The molecular weight excluding hydrogens is 272 g/mol. The maximum absolute atomic E-state index is 5.38. The van der Waals surface area contributed by atoms with Crippen LogP contribution in [0.25, 0.3) is 17.1 Å². The van der Waals surface area contributed by atoms with Crippen molar-refractivity contribution in [1.29, 1.82) is 0 Å². The highest BCUT2D eigenvalue weighted by Crippen LogP contribution is 2.32. The van der Waals surface area contributed by atoms with Crippen LogP contribution in [0.2, 0.25) is 0 Å². The minimum Gasteiger partial charge on any atom is -0.497 e. The Hall–Kier alpha value is -2.55. The first kappa shape index (κ1) is 13.1. The van der Waals surface area contributed by atoms with Gasteiger partial charge in [0.25, 0.3) is 5.82 Å². The molecular formula is C19H19N2O+. The lowest BCUT2D eigenvalue weighted by Gasteiger charge is -2.10. The molecule has 4 rings (SSSR count). The van der Waals surface area contributed by atoms with Gasteiger partial charge in [0.15, 0.2) is 0 Å². The number of aromatic nitrogens is 2. The van der Waals surface area contributed by atoms with E-state index in [1.54, 1.807) is 7.11 Å². The van der Waals surface area contributed by atoms with Gasteiger partial charge in [-0.15, -0.1) is 0 Å². The second kappa shape index (κ2) is 4.73. The minimum atomic E-state index is 0.913. The van der Waals surface area contributed by atoms with Crippen LogP contribution < -0.4 is 9.30 Å². The van der Waals surface area contributed by atoms with E-state index in [0.29, 0.717) is 0 Å². The lowest BCUT2D eigenvalue weighted by molar-refractivity contribution is -0.671. The number of imidazole rings is 1. The lowest BCUT2D eigenvalue weighted by atomic mass is 10.1. The largest absolute Gasteiger partial charge is 0.497 e. The SMILES string of the molecule is COc1cc(C)c(-n2cc[n+]3c2-c2ccccc2C3)c(C)c1. The van der Waals surface area contributed by atoms with Crippen molar-refractivity contribution in [3.63, 3.8) is 0 Å². The lowest BCUT2D eigenvalue weighted by Crippen LogP contribution is -2.30. The molecule has 1 aliphatic rings. The maximum Gasteiger partial charge on any atom is 0.294 e. The summed E-state index contributed by atoms with van der Waals surface area (Å²) < 4.78 is 10.00. The number of hydrogen-bond acceptors (Lipinski definition) is 1. The van der Waals surface area contributed by atoms with Crippen molar-refractivity contribution in [1.82, 2.24) is 4.57 Å². The number of rotatable bonds is 2. The van der Waals surface area contributed by atoms with Gasteiger partial charge in [-0.2, -0.15) is 4.57 Å². The highest BCUT2D eigenvalue weighted by atomic mass is 16.5. The van der Waals surface area contributed by atoms with Crippen molar-refractivity contribution in [2.75, 3.05) is 7.11 Å². The molecule has 0 spiro atoms. The molecule has 0 fully saturated rings. The third kappa shape index (κ3) is 1.78. The van der Waals surface area contributed by atoms with Gasteiger partial charge in [-0.05, 0) is 32.0 Å². The molecule has 0 aliphatic carbocycles. The van der Waals surface area contributed by atoms with Crippen LogP contribution in [0.4, 0.5) is 0 Å². The summed E-state index contributed by atoms with van der Waals surface area (Å²) in [6.45, 7) is 5.23. The van der Waals surface area contributed by atoms with Gasteiger partial charge in [-0.3, -0.25) is 0 Å². The van der Waals surface area contributed by atoms with Crippen molar-refractivity contribution in [3.8, 4) is 22.8 Å². The quantitative estimate of drug-likeness (QED) is 0.518. The summed E-state index contributed by atoms with van der Waals surface area (Å²) in [5, 5.41) is 0. The summed E-state index contributed by atoms with van der Waals surface area (Å²) in [4.78, 5) is 0. The van der Waals surface area contributed by atoms with E-state index >= 15 is 0 Å². The van der Waals surface area contributed by atoms with E-state index in [1.807, 2.05) is 0 Å². The summed E-state index contributed by atoms with van der Waals surface area (Å²) in [7, 11) is 1.72. The third-order valence-corrected chi connectivity index (χ3v) is 4.44. The Morgan fingerprint density at radius 3 is 2.55 bits per heavy atom. The monoisotopic (exact) mass is 291 g/mol. The molecule has 3 nitrogen and oxygen atoms in total. The average molecular weight is 291 g/mol. The van der Waals surface area contributed by atoms with Crippen molar-refractivity contribution in [2.24, 2.45) is 0 Å². The van der Waals surface area contributed by atoms with Gasteiger partial charge in [-0.1, -0.05) is 18.2 Å². The fourth-order valence-corrected chi connectivity index (χ4v) is 3.49. The number of hydrogen-bond donors (Lipinski definition) is 0. The molecule has 0 radical (unpaired) electrons. The first-order valence-electron chi connectivity index (χ1n) is 7.53. The van der Waals surface area contributed by atoms with Crippen molar-refractivity contribution in [2.45, 2.75) is 20.4 Å². The molecule has 0 amide bonds. The van der Waals surface area contributed by atoms with Crippen LogP contribution in [0.3, 0.4) is 0 Å². The van der Waals surface area contributed by atoms with Crippen LogP contribution in [-0.2, 0) is 6.54 Å². The Kier molecular flexibility index (Phi) is 2.83. The minimum absolute atomic E-state index is 0.913. The second-order valence-electron chi connectivity index (χ2n) is 5.89. The Balaban J connectivity index is 1.95. The molecule has 0 saturated heterocycles. The first-order chi connectivity index (χ1) is 10.7. The van der Waals surface area contributed by atoms with Gasteiger partial charge in [0.1, 0.15) is 30.4 Å². The van der Waals surface area contributed by atoms with E-state index in [9.17, 15) is 0 Å². The first-order valence-corrected chi connectivity index (χ1v) is 7.53. The summed E-state index contributed by atoms with van der Waals surface area (Å²) in [5.41, 5.74) is 6.39. The average Bonchev–Trinajstić information content (AvgIpc) is 3.06. The predicted molar refractivity (Wildman–Crippen MR) is 86.5 cm³/mol. The smallest absolute Gasteiger partial charge is 0.294 e. The number of fused-ring (bicyclic) bond motifs is 3. The molecule has 3 heteroatoms. The van der Waals surface area contributed by atoms with Crippen LogP contribution in [0.5, 0.6) is 5.75 Å². The van der Waals surface area contributed by atoms with E-state index < -0.39 is 0 Å². The summed E-state index contributed by atoms with van der Waals surface area (Å²) in [6, 6.07) is 12.8. The Morgan fingerprint density at radius 2 is 1.82 bits per heavy atom. The zero-order valence-electron chi connectivity index (χ0n) is 13.1. The standard InChI is InChI=1S/C19H19N2O/c1-13-10-16(22-3)11-14(2)18(13)21-9-8-20-12-15-6-4-5-7-17(15)19(20)21/h4-11H,12H2,1-3H3/q+1. The van der Waals surface area contributed by atoms with Gasteiger partial charge in [-0.25, -0.2) is 4.57 Å². The Morgan fingerprint density at radius 1 is 1.09 bits per heavy atom. The maximum atomic E-state index is 5.38. The van der Waals surface area contributed by atoms with E-state index in [-0.39, 0.29) is 0 Å². The highest BCUT2D eigenvalue weighted by Gasteiger charge is 2.30. The molecule has 22 heavy (non-hydrogen) atoms. The van der Waals surface area contributed by atoms with Crippen LogP contribution >= 0.6 is 0 Å². The van der Waals surface area contributed by atoms with E-state index in [1.165, 1.54) is 33.8 Å². The van der Waals surface area contributed by atoms with Gasteiger partial charge < -0.3 is 4.74 Å². The normalized spacial score (nSPS) is 12.1. The fraction of sp³-hybridized carbons (Fsp3) is 0.211. The number of benzene rings is 2. The second-order valence-corrected chi connectivity index (χ2v) is 5.89. The predicted octanol–water partition coefficient (Wildman–Crippen LogP) is 3.42. The third-order valence-electron chi connectivity index (χ3n) is 4.44. The molecule has 0 unspecified atom stereocenters. The number of methoxy groups -OCH3 is 1. The van der Waals surface area contributed by atoms with Crippen LogP contribution in [0.1, 0.15) is 16.7 Å². The number of nitrogens with zero attached hydrogens (tertiary/aromatic N) is 2. The number of aryl methyl sites for hydroxylation is 2. The molecule has 110 valence electrons. The molecule has 0 saturated carbocycles. The molecule has 3 aromatic rings. The van der Waals surface area contributed by atoms with Crippen LogP contribution in [0.15, 0.2) is 48.8 Å². The zero-order valence-corrected chi connectivity index (χ0v) is 13.1. The number of ether oxygens (including phenoxy) is 1.